The lowest BCUT2D eigenvalue weighted by molar-refractivity contribution is -0.116. The first kappa shape index (κ1) is 18.8. The lowest BCUT2D eigenvalue weighted by Gasteiger charge is -2.15. The number of nitrogens with one attached hydrogen (secondary N) is 2. The molecule has 0 saturated carbocycles. The highest BCUT2D eigenvalue weighted by atomic mass is 79.9. The molecule has 0 fully saturated rings. The molecule has 0 spiro atoms. The summed E-state index contributed by atoms with van der Waals surface area (Å²) in [4.78, 5) is 26.1. The van der Waals surface area contributed by atoms with Gasteiger partial charge in [-0.2, -0.15) is 5.10 Å². The Bertz CT molecular complexity index is 940. The number of halogens is 1. The summed E-state index contributed by atoms with van der Waals surface area (Å²) >= 11 is 3.38. The zero-order valence-electron chi connectivity index (χ0n) is 14.8. The van der Waals surface area contributed by atoms with E-state index in [2.05, 4.69) is 31.4 Å². The highest BCUT2D eigenvalue weighted by Crippen LogP contribution is 2.21. The number of rotatable bonds is 6. The number of aromatic amines is 1. The quantitative estimate of drug-likeness (QED) is 0.633. The molecule has 7 heteroatoms. The second-order valence-corrected chi connectivity index (χ2v) is 6.98. The summed E-state index contributed by atoms with van der Waals surface area (Å²) in [6, 6.07) is 18.9. The number of amides is 2. The van der Waals surface area contributed by atoms with E-state index in [4.69, 9.17) is 0 Å². The monoisotopic (exact) mass is 426 g/mol. The highest BCUT2D eigenvalue weighted by Gasteiger charge is 2.18. The van der Waals surface area contributed by atoms with Crippen LogP contribution in [0.25, 0.3) is 0 Å². The fourth-order valence-corrected chi connectivity index (χ4v) is 3.00. The molecule has 3 rings (SSSR count). The Morgan fingerprint density at radius 1 is 1.11 bits per heavy atom. The molecule has 0 aliphatic rings. The molecule has 27 heavy (non-hydrogen) atoms. The fourth-order valence-electron chi connectivity index (χ4n) is 2.61. The minimum Gasteiger partial charge on any atom is -0.331 e. The smallest absolute Gasteiger partial charge is 0.274 e. The van der Waals surface area contributed by atoms with Crippen molar-refractivity contribution in [1.82, 2.24) is 15.1 Å². The van der Waals surface area contributed by atoms with Crippen molar-refractivity contribution in [2.24, 2.45) is 0 Å². The maximum Gasteiger partial charge on any atom is 0.274 e. The predicted octanol–water partition coefficient (Wildman–Crippen LogP) is 3.47. The Hall–Kier alpha value is -2.93. The molecule has 1 heterocycles. The number of aromatic nitrogens is 2. The predicted molar refractivity (Wildman–Crippen MR) is 108 cm³/mol. The van der Waals surface area contributed by atoms with Gasteiger partial charge in [-0.3, -0.25) is 14.7 Å². The Morgan fingerprint density at radius 2 is 1.81 bits per heavy atom. The number of benzene rings is 2. The molecule has 0 aliphatic heterocycles. The molecule has 6 nitrogen and oxygen atoms in total. The molecule has 0 bridgehead atoms. The third-order valence-electron chi connectivity index (χ3n) is 3.96. The summed E-state index contributed by atoms with van der Waals surface area (Å²) in [7, 11) is 1.58. The average molecular weight is 427 g/mol. The van der Waals surface area contributed by atoms with Gasteiger partial charge < -0.3 is 10.2 Å². The van der Waals surface area contributed by atoms with Gasteiger partial charge >= 0.3 is 0 Å². The van der Waals surface area contributed by atoms with Crippen molar-refractivity contribution in [3.8, 4) is 0 Å². The van der Waals surface area contributed by atoms with Crippen LogP contribution >= 0.6 is 15.9 Å². The van der Waals surface area contributed by atoms with Gasteiger partial charge in [0.2, 0.25) is 5.91 Å². The SMILES string of the molecule is CN(CC(=O)Nc1ccccc1Br)C(=O)c1cc(Cc2ccccc2)[nH]n1. The lowest BCUT2D eigenvalue weighted by Crippen LogP contribution is -2.35. The number of nitrogens with zero attached hydrogens (tertiary/aromatic N) is 2. The first-order chi connectivity index (χ1) is 13.0. The minimum atomic E-state index is -0.312. The average Bonchev–Trinajstić information content (AvgIpc) is 3.12. The molecule has 1 aromatic heterocycles. The summed E-state index contributed by atoms with van der Waals surface area (Å²) in [5.41, 5.74) is 2.92. The van der Waals surface area contributed by atoms with Crippen LogP contribution in [0.2, 0.25) is 0 Å². The summed E-state index contributed by atoms with van der Waals surface area (Å²) < 4.78 is 0.783. The van der Waals surface area contributed by atoms with Gasteiger partial charge in [0.25, 0.3) is 5.91 Å². The third-order valence-corrected chi connectivity index (χ3v) is 4.65. The van der Waals surface area contributed by atoms with Crippen LogP contribution in [-0.4, -0.2) is 40.5 Å². The number of para-hydroxylation sites is 1. The minimum absolute atomic E-state index is 0.0684. The molecule has 0 aliphatic carbocycles. The van der Waals surface area contributed by atoms with E-state index in [9.17, 15) is 9.59 Å². The number of likely N-dealkylation sites (N-methyl/N-ethyl adjacent to an activating group) is 1. The first-order valence-corrected chi connectivity index (χ1v) is 9.20. The topological polar surface area (TPSA) is 78.1 Å². The van der Waals surface area contributed by atoms with E-state index in [1.165, 1.54) is 4.90 Å². The standard InChI is InChI=1S/C20H19BrN4O2/c1-25(13-19(26)22-17-10-6-5-9-16(17)21)20(27)18-12-15(23-24-18)11-14-7-3-2-4-8-14/h2-10,12H,11,13H2,1H3,(H,22,26)(H,23,24). The van der Waals surface area contributed by atoms with Gasteiger partial charge in [-0.05, 0) is 39.7 Å². The van der Waals surface area contributed by atoms with E-state index >= 15 is 0 Å². The van der Waals surface area contributed by atoms with Crippen molar-refractivity contribution >= 4 is 33.4 Å². The maximum atomic E-state index is 12.5. The van der Waals surface area contributed by atoms with E-state index in [1.54, 1.807) is 19.2 Å². The van der Waals surface area contributed by atoms with E-state index in [0.717, 1.165) is 15.7 Å². The maximum absolute atomic E-state index is 12.5. The van der Waals surface area contributed by atoms with E-state index in [0.29, 0.717) is 12.1 Å². The van der Waals surface area contributed by atoms with Crippen LogP contribution in [0, 0.1) is 0 Å². The second kappa shape index (κ2) is 8.64. The number of hydrogen-bond acceptors (Lipinski definition) is 3. The van der Waals surface area contributed by atoms with Crippen LogP contribution in [-0.2, 0) is 11.2 Å². The van der Waals surface area contributed by atoms with Crippen LogP contribution < -0.4 is 5.32 Å². The number of carbonyl (C=O) groups excluding carboxylic acids is 2. The Kier molecular flexibility index (Phi) is 6.03. The Labute approximate surface area is 165 Å². The van der Waals surface area contributed by atoms with Gasteiger partial charge in [-0.25, -0.2) is 0 Å². The van der Waals surface area contributed by atoms with E-state index in [1.807, 2.05) is 48.5 Å². The number of H-pyrrole nitrogens is 1. The zero-order valence-corrected chi connectivity index (χ0v) is 16.4. The normalized spacial score (nSPS) is 10.4. The zero-order chi connectivity index (χ0) is 19.2. The van der Waals surface area contributed by atoms with Gasteiger partial charge in [0.1, 0.15) is 5.69 Å². The van der Waals surface area contributed by atoms with Gasteiger partial charge in [0.15, 0.2) is 0 Å². The largest absolute Gasteiger partial charge is 0.331 e. The van der Waals surface area contributed by atoms with Crippen molar-refractivity contribution < 1.29 is 9.59 Å². The van der Waals surface area contributed by atoms with Crippen LogP contribution in [0.5, 0.6) is 0 Å². The van der Waals surface area contributed by atoms with Gasteiger partial charge in [-0.1, -0.05) is 42.5 Å². The van der Waals surface area contributed by atoms with Crippen molar-refractivity contribution in [2.45, 2.75) is 6.42 Å². The van der Waals surface area contributed by atoms with E-state index < -0.39 is 0 Å². The van der Waals surface area contributed by atoms with Crippen LogP contribution in [0.3, 0.4) is 0 Å². The number of anilines is 1. The number of hydrogen-bond donors (Lipinski definition) is 2. The Morgan fingerprint density at radius 3 is 2.56 bits per heavy atom. The molecule has 2 aromatic carbocycles. The molecule has 0 saturated heterocycles. The summed E-state index contributed by atoms with van der Waals surface area (Å²) in [5.74, 6) is -0.592. The fraction of sp³-hybridized carbons (Fsp3) is 0.150. The molecular weight excluding hydrogens is 408 g/mol. The lowest BCUT2D eigenvalue weighted by atomic mass is 10.1. The first-order valence-electron chi connectivity index (χ1n) is 8.41. The molecule has 0 unspecified atom stereocenters. The van der Waals surface area contributed by atoms with E-state index in [-0.39, 0.29) is 24.1 Å². The summed E-state index contributed by atoms with van der Waals surface area (Å²) in [6.07, 6.45) is 0.660. The van der Waals surface area contributed by atoms with Crippen molar-refractivity contribution in [3.63, 3.8) is 0 Å². The third kappa shape index (κ3) is 5.04. The highest BCUT2D eigenvalue weighted by molar-refractivity contribution is 9.10. The van der Waals surface area contributed by atoms with Crippen molar-refractivity contribution in [3.05, 3.63) is 82.1 Å². The molecular formula is C20H19BrN4O2. The van der Waals surface area contributed by atoms with Crippen molar-refractivity contribution in [2.75, 3.05) is 18.9 Å². The van der Waals surface area contributed by atoms with Gasteiger partial charge in [-0.15, -0.1) is 0 Å². The van der Waals surface area contributed by atoms with Crippen molar-refractivity contribution in [1.29, 1.82) is 0 Å². The van der Waals surface area contributed by atoms with Gasteiger partial charge in [0, 0.05) is 23.6 Å². The molecule has 2 N–H and O–H groups in total. The molecule has 0 radical (unpaired) electrons. The Balaban J connectivity index is 1.59. The van der Waals surface area contributed by atoms with Crippen LogP contribution in [0.15, 0.2) is 65.1 Å². The number of carbonyl (C=O) groups is 2. The van der Waals surface area contributed by atoms with Gasteiger partial charge in [0.05, 0.1) is 12.2 Å². The molecule has 2 amide bonds. The molecule has 3 aromatic rings. The van der Waals surface area contributed by atoms with Crippen LogP contribution in [0.4, 0.5) is 5.69 Å². The summed E-state index contributed by atoms with van der Waals surface area (Å²) in [5, 5.41) is 9.75. The summed E-state index contributed by atoms with van der Waals surface area (Å²) in [6.45, 7) is -0.0684. The van der Waals surface area contributed by atoms with Crippen LogP contribution in [0.1, 0.15) is 21.7 Å². The molecule has 0 atom stereocenters. The molecule has 138 valence electrons. The second-order valence-electron chi connectivity index (χ2n) is 6.13.